The molecule has 2 aromatic rings. The molecular weight excluding hydrogens is 335 g/mol. The topological polar surface area (TPSA) is 58.9 Å². The molecule has 4 nitrogen and oxygen atoms in total. The van der Waals surface area contributed by atoms with E-state index in [1.54, 1.807) is 12.1 Å². The zero-order valence-corrected chi connectivity index (χ0v) is 13.1. The number of carbonyl (C=O) groups is 1. The van der Waals surface area contributed by atoms with Crippen LogP contribution >= 0.6 is 0 Å². The van der Waals surface area contributed by atoms with Gasteiger partial charge in [-0.1, -0.05) is 18.2 Å². The lowest BCUT2D eigenvalue weighted by Gasteiger charge is -2.06. The summed E-state index contributed by atoms with van der Waals surface area (Å²) >= 11 is 0. The number of hydrogen-bond acceptors (Lipinski definition) is 3. The highest BCUT2D eigenvalue weighted by Crippen LogP contribution is 2.29. The fourth-order valence-electron chi connectivity index (χ4n) is 2.00. The average Bonchev–Trinajstić information content (AvgIpc) is 2.58. The van der Waals surface area contributed by atoms with Crippen LogP contribution in [0.25, 0.3) is 6.08 Å². The average molecular weight is 349 g/mol. The Bertz CT molecular complexity index is 809. The minimum absolute atomic E-state index is 0.0916. The standard InChI is InChI=1S/C18H14F3NO3/c1-25-16(13-3-2-4-14(11-13)17(23)24)22-10-9-12-5-7-15(8-6-12)18(19,20)21/h2-11H,1H3,(H,23,24)/b10-9+,22-16?. The van der Waals surface area contributed by atoms with E-state index in [4.69, 9.17) is 9.84 Å². The molecule has 0 aromatic heterocycles. The molecule has 0 aliphatic rings. The Morgan fingerprint density at radius 1 is 1.12 bits per heavy atom. The first kappa shape index (κ1) is 18.3. The lowest BCUT2D eigenvalue weighted by molar-refractivity contribution is -0.137. The monoisotopic (exact) mass is 349 g/mol. The highest BCUT2D eigenvalue weighted by atomic mass is 19.4. The lowest BCUT2D eigenvalue weighted by Crippen LogP contribution is -2.05. The molecular formula is C18H14F3NO3. The summed E-state index contributed by atoms with van der Waals surface area (Å²) in [7, 11) is 1.39. The second-order valence-corrected chi connectivity index (χ2v) is 4.96. The molecule has 7 heteroatoms. The fourth-order valence-corrected chi connectivity index (χ4v) is 2.00. The van der Waals surface area contributed by atoms with Gasteiger partial charge < -0.3 is 9.84 Å². The lowest BCUT2D eigenvalue weighted by atomic mass is 10.1. The number of rotatable bonds is 4. The molecule has 0 radical (unpaired) electrons. The van der Waals surface area contributed by atoms with Crippen molar-refractivity contribution in [2.24, 2.45) is 4.99 Å². The summed E-state index contributed by atoms with van der Waals surface area (Å²) in [5, 5.41) is 8.99. The van der Waals surface area contributed by atoms with Crippen LogP contribution in [0, 0.1) is 0 Å². The molecule has 0 unspecified atom stereocenters. The number of nitrogens with zero attached hydrogens (tertiary/aromatic N) is 1. The minimum Gasteiger partial charge on any atom is -0.481 e. The third kappa shape index (κ3) is 4.94. The van der Waals surface area contributed by atoms with Gasteiger partial charge in [-0.2, -0.15) is 13.2 Å². The third-order valence-corrected chi connectivity index (χ3v) is 3.25. The summed E-state index contributed by atoms with van der Waals surface area (Å²) in [6.45, 7) is 0. The van der Waals surface area contributed by atoms with Crippen molar-refractivity contribution in [3.63, 3.8) is 0 Å². The maximum atomic E-state index is 12.5. The number of ether oxygens (including phenoxy) is 1. The van der Waals surface area contributed by atoms with Gasteiger partial charge in [0.25, 0.3) is 0 Å². The number of aromatic carboxylic acids is 1. The summed E-state index contributed by atoms with van der Waals surface area (Å²) in [6, 6.07) is 10.7. The smallest absolute Gasteiger partial charge is 0.416 e. The first-order valence-corrected chi connectivity index (χ1v) is 7.10. The first-order valence-electron chi connectivity index (χ1n) is 7.10. The maximum absolute atomic E-state index is 12.5. The molecule has 130 valence electrons. The van der Waals surface area contributed by atoms with E-state index in [0.717, 1.165) is 12.1 Å². The quantitative estimate of drug-likeness (QED) is 0.654. The summed E-state index contributed by atoms with van der Waals surface area (Å²) in [5.41, 5.74) is 0.371. The number of hydrogen-bond donors (Lipinski definition) is 1. The fraction of sp³-hybridized carbons (Fsp3) is 0.111. The van der Waals surface area contributed by atoms with Crippen LogP contribution in [0.3, 0.4) is 0 Å². The molecule has 1 N–H and O–H groups in total. The van der Waals surface area contributed by atoms with E-state index < -0.39 is 17.7 Å². The van der Waals surface area contributed by atoms with Crippen molar-refractivity contribution in [3.05, 3.63) is 77.0 Å². The summed E-state index contributed by atoms with van der Waals surface area (Å²) < 4.78 is 42.6. The van der Waals surface area contributed by atoms with Gasteiger partial charge in [-0.05, 0) is 42.0 Å². The molecule has 2 aromatic carbocycles. The predicted molar refractivity (Wildman–Crippen MR) is 87.4 cm³/mol. The molecule has 0 aliphatic heterocycles. The van der Waals surface area contributed by atoms with E-state index in [9.17, 15) is 18.0 Å². The molecule has 0 amide bonds. The summed E-state index contributed by atoms with van der Waals surface area (Å²) in [6.07, 6.45) is -1.49. The van der Waals surface area contributed by atoms with Crippen molar-refractivity contribution in [2.75, 3.05) is 7.11 Å². The normalized spacial score (nSPS) is 12.4. The van der Waals surface area contributed by atoms with Crippen LogP contribution in [0.1, 0.15) is 27.0 Å². The van der Waals surface area contributed by atoms with Crippen LogP contribution in [0.4, 0.5) is 13.2 Å². The maximum Gasteiger partial charge on any atom is 0.416 e. The van der Waals surface area contributed by atoms with Crippen LogP contribution in [0.2, 0.25) is 0 Å². The Hall–Kier alpha value is -3.09. The second-order valence-electron chi connectivity index (χ2n) is 4.96. The van der Waals surface area contributed by atoms with Gasteiger partial charge in [-0.25, -0.2) is 9.79 Å². The number of carboxylic acids is 1. The SMILES string of the molecule is COC(=N/C=C/c1ccc(C(F)(F)F)cc1)c1cccc(C(=O)O)c1. The molecule has 2 rings (SSSR count). The molecule has 0 heterocycles. The van der Waals surface area contributed by atoms with Gasteiger partial charge in [0.05, 0.1) is 18.2 Å². The molecule has 0 aliphatic carbocycles. The zero-order chi connectivity index (χ0) is 18.4. The Morgan fingerprint density at radius 2 is 1.76 bits per heavy atom. The highest BCUT2D eigenvalue weighted by Gasteiger charge is 2.29. The summed E-state index contributed by atoms with van der Waals surface area (Å²) in [5.74, 6) is -0.885. The van der Waals surface area contributed by atoms with Crippen molar-refractivity contribution < 1.29 is 27.8 Å². The van der Waals surface area contributed by atoms with Crippen LogP contribution < -0.4 is 0 Å². The van der Waals surface area contributed by atoms with E-state index in [1.807, 2.05) is 0 Å². The molecule has 0 bridgehead atoms. The largest absolute Gasteiger partial charge is 0.481 e. The zero-order valence-electron chi connectivity index (χ0n) is 13.1. The Kier molecular flexibility index (Phi) is 5.59. The van der Waals surface area contributed by atoms with Crippen LogP contribution in [-0.2, 0) is 10.9 Å². The van der Waals surface area contributed by atoms with Crippen molar-refractivity contribution in [1.29, 1.82) is 0 Å². The van der Waals surface area contributed by atoms with Crippen molar-refractivity contribution in [2.45, 2.75) is 6.18 Å². The van der Waals surface area contributed by atoms with Crippen LogP contribution in [0.5, 0.6) is 0 Å². The highest BCUT2D eigenvalue weighted by molar-refractivity contribution is 5.97. The number of alkyl halides is 3. The van der Waals surface area contributed by atoms with Crippen LogP contribution in [-0.4, -0.2) is 24.1 Å². The molecule has 0 saturated carbocycles. The Balaban J connectivity index is 2.19. The van der Waals surface area contributed by atoms with Crippen molar-refractivity contribution in [3.8, 4) is 0 Å². The van der Waals surface area contributed by atoms with Gasteiger partial charge >= 0.3 is 12.1 Å². The van der Waals surface area contributed by atoms with E-state index in [0.29, 0.717) is 11.1 Å². The van der Waals surface area contributed by atoms with E-state index in [2.05, 4.69) is 4.99 Å². The predicted octanol–water partition coefficient (Wildman–Crippen LogP) is 4.47. The molecule has 0 saturated heterocycles. The van der Waals surface area contributed by atoms with Gasteiger partial charge in [0.2, 0.25) is 5.90 Å². The Labute approximate surface area is 141 Å². The van der Waals surface area contributed by atoms with Crippen molar-refractivity contribution >= 4 is 17.9 Å². The number of methoxy groups -OCH3 is 1. The van der Waals surface area contributed by atoms with Gasteiger partial charge in [-0.3, -0.25) is 0 Å². The molecule has 0 spiro atoms. The number of benzene rings is 2. The number of halogens is 3. The van der Waals surface area contributed by atoms with Gasteiger partial charge in [0.1, 0.15) is 0 Å². The van der Waals surface area contributed by atoms with Gasteiger partial charge in [0.15, 0.2) is 0 Å². The van der Waals surface area contributed by atoms with Gasteiger partial charge in [-0.15, -0.1) is 0 Å². The van der Waals surface area contributed by atoms with Crippen LogP contribution in [0.15, 0.2) is 59.7 Å². The molecule has 25 heavy (non-hydrogen) atoms. The van der Waals surface area contributed by atoms with Gasteiger partial charge in [0, 0.05) is 11.8 Å². The second kappa shape index (κ2) is 7.65. The third-order valence-electron chi connectivity index (χ3n) is 3.25. The van der Waals surface area contributed by atoms with E-state index >= 15 is 0 Å². The molecule has 0 atom stereocenters. The summed E-state index contributed by atoms with van der Waals surface area (Å²) in [4.78, 5) is 15.1. The molecule has 0 fully saturated rings. The van der Waals surface area contributed by atoms with E-state index in [-0.39, 0.29) is 11.5 Å². The minimum atomic E-state index is -4.38. The number of aliphatic imine (C=N–C) groups is 1. The Morgan fingerprint density at radius 3 is 2.32 bits per heavy atom. The first-order chi connectivity index (χ1) is 11.8. The van der Waals surface area contributed by atoms with Crippen molar-refractivity contribution in [1.82, 2.24) is 0 Å². The van der Waals surface area contributed by atoms with E-state index in [1.165, 1.54) is 43.7 Å². The number of carboxylic acid groups (broad SMARTS) is 1.